The van der Waals surface area contributed by atoms with E-state index in [1.54, 1.807) is 0 Å². The summed E-state index contributed by atoms with van der Waals surface area (Å²) in [5.74, 6) is 0. The van der Waals surface area contributed by atoms with Gasteiger partial charge in [-0.3, -0.25) is 0 Å². The van der Waals surface area contributed by atoms with Crippen molar-refractivity contribution in [2.75, 3.05) is 13.1 Å². The first kappa shape index (κ1) is 13.5. The lowest BCUT2D eigenvalue weighted by atomic mass is 10.1. The normalized spacial score (nSPS) is 10.4. The quantitative estimate of drug-likeness (QED) is 0.671. The van der Waals surface area contributed by atoms with Gasteiger partial charge in [-0.05, 0) is 25.9 Å². The molecular weight excluding hydrogens is 136 g/mol. The molecule has 0 fully saturated rings. The third kappa shape index (κ3) is 4.38. The van der Waals surface area contributed by atoms with E-state index in [4.69, 9.17) is 0 Å². The van der Waals surface area contributed by atoms with Crippen molar-refractivity contribution in [3.63, 3.8) is 0 Å². The van der Waals surface area contributed by atoms with Crippen molar-refractivity contribution in [3.8, 4) is 0 Å². The van der Waals surface area contributed by atoms with E-state index in [-0.39, 0.29) is 6.15 Å². The molecule has 0 saturated carbocycles. The minimum atomic E-state index is 0. The summed E-state index contributed by atoms with van der Waals surface area (Å²) >= 11 is 0. The Morgan fingerprint density at radius 2 is 1.27 bits per heavy atom. The largest absolute Gasteiger partial charge is 0.344 e. The minimum absolute atomic E-state index is 0. The number of hydrogen-bond acceptors (Lipinski definition) is 2. The van der Waals surface area contributed by atoms with Gasteiger partial charge in [0.05, 0.1) is 0 Å². The summed E-state index contributed by atoms with van der Waals surface area (Å²) in [5, 5.41) is 0. The molecule has 2 nitrogen and oxygen atoms in total. The Bertz CT molecular complexity index is 56.0. The average molecular weight is 160 g/mol. The maximum atomic E-state index is 2.53. The molecule has 0 aromatic carbocycles. The molecule has 0 rings (SSSR count). The van der Waals surface area contributed by atoms with Crippen LogP contribution in [0, 0.1) is 0 Å². The molecule has 3 N–H and O–H groups in total. The molecule has 11 heavy (non-hydrogen) atoms. The molecule has 0 heterocycles. The van der Waals surface area contributed by atoms with Crippen LogP contribution in [-0.4, -0.2) is 24.0 Å². The molecule has 2 heteroatoms. The zero-order chi connectivity index (χ0) is 7.98. The van der Waals surface area contributed by atoms with Crippen LogP contribution in [0.2, 0.25) is 0 Å². The van der Waals surface area contributed by atoms with Gasteiger partial charge in [-0.15, -0.1) is 0 Å². The zero-order valence-corrected chi connectivity index (χ0v) is 8.56. The van der Waals surface area contributed by atoms with Crippen molar-refractivity contribution in [2.24, 2.45) is 0 Å². The second-order valence-corrected chi connectivity index (χ2v) is 2.69. The Balaban J connectivity index is 0. The van der Waals surface area contributed by atoms with Gasteiger partial charge in [-0.1, -0.05) is 27.7 Å². The van der Waals surface area contributed by atoms with E-state index < -0.39 is 0 Å². The first-order valence-corrected chi connectivity index (χ1v) is 4.54. The highest BCUT2D eigenvalue weighted by Gasteiger charge is 2.09. The van der Waals surface area contributed by atoms with Crippen molar-refractivity contribution < 1.29 is 0 Å². The highest BCUT2D eigenvalue weighted by molar-refractivity contribution is 4.65. The van der Waals surface area contributed by atoms with Crippen molar-refractivity contribution in [3.05, 3.63) is 0 Å². The first-order chi connectivity index (χ1) is 4.79. The fourth-order valence-electron chi connectivity index (χ4n) is 1.55. The second-order valence-electron chi connectivity index (χ2n) is 2.69. The van der Waals surface area contributed by atoms with Crippen LogP contribution in [-0.2, 0) is 0 Å². The summed E-state index contributed by atoms with van der Waals surface area (Å²) in [4.78, 5) is 2.53. The van der Waals surface area contributed by atoms with Crippen LogP contribution < -0.4 is 6.15 Å². The molecule has 0 spiro atoms. The van der Waals surface area contributed by atoms with Gasteiger partial charge in [0.15, 0.2) is 0 Å². The van der Waals surface area contributed by atoms with Crippen molar-refractivity contribution >= 4 is 0 Å². The van der Waals surface area contributed by atoms with Gasteiger partial charge in [-0.25, -0.2) is 0 Å². The molecule has 0 aromatic heterocycles. The van der Waals surface area contributed by atoms with Gasteiger partial charge >= 0.3 is 0 Å². The molecule has 0 radical (unpaired) electrons. The van der Waals surface area contributed by atoms with Crippen LogP contribution >= 0.6 is 0 Å². The van der Waals surface area contributed by atoms with Crippen molar-refractivity contribution in [1.82, 2.24) is 11.1 Å². The van der Waals surface area contributed by atoms with Gasteiger partial charge in [0.25, 0.3) is 0 Å². The molecule has 0 aliphatic carbocycles. The van der Waals surface area contributed by atoms with E-state index in [2.05, 4.69) is 32.6 Å². The molecular formula is C9H24N2. The Hall–Kier alpha value is -0.0800. The van der Waals surface area contributed by atoms with E-state index in [9.17, 15) is 0 Å². The minimum Gasteiger partial charge on any atom is -0.344 e. The van der Waals surface area contributed by atoms with Crippen molar-refractivity contribution in [2.45, 2.75) is 46.6 Å². The van der Waals surface area contributed by atoms with Crippen molar-refractivity contribution in [1.29, 1.82) is 0 Å². The van der Waals surface area contributed by atoms with E-state index in [0.717, 1.165) is 6.04 Å². The summed E-state index contributed by atoms with van der Waals surface area (Å²) in [6.07, 6.45) is 2.58. The third-order valence-electron chi connectivity index (χ3n) is 2.27. The Morgan fingerprint density at radius 3 is 1.36 bits per heavy atom. The smallest absolute Gasteiger partial charge is 0.00897 e. The second kappa shape index (κ2) is 8.02. The van der Waals surface area contributed by atoms with Crippen LogP contribution in [0.15, 0.2) is 0 Å². The van der Waals surface area contributed by atoms with Crippen LogP contribution in [0.25, 0.3) is 0 Å². The van der Waals surface area contributed by atoms with Gasteiger partial charge in [0.2, 0.25) is 0 Å². The van der Waals surface area contributed by atoms with Crippen LogP contribution in [0.1, 0.15) is 40.5 Å². The fourth-order valence-corrected chi connectivity index (χ4v) is 1.55. The predicted molar refractivity (Wildman–Crippen MR) is 52.3 cm³/mol. The summed E-state index contributed by atoms with van der Waals surface area (Å²) in [6.45, 7) is 11.4. The number of rotatable bonds is 5. The zero-order valence-electron chi connectivity index (χ0n) is 8.56. The molecule has 0 bridgehead atoms. The van der Waals surface area contributed by atoms with Gasteiger partial charge in [-0.2, -0.15) is 0 Å². The third-order valence-corrected chi connectivity index (χ3v) is 2.27. The van der Waals surface area contributed by atoms with Crippen LogP contribution in [0.4, 0.5) is 0 Å². The molecule has 0 amide bonds. The molecule has 0 aliphatic heterocycles. The average Bonchev–Trinajstić information content (AvgIpc) is 2.00. The molecule has 0 saturated heterocycles. The fraction of sp³-hybridized carbons (Fsp3) is 1.00. The molecule has 0 atom stereocenters. The maximum Gasteiger partial charge on any atom is 0.00897 e. The molecule has 0 aliphatic rings. The standard InChI is InChI=1S/C9H21N.H3N/c1-5-9(6-2)10(7-3)8-4;/h9H,5-8H2,1-4H3;1H3. The number of hydrogen-bond donors (Lipinski definition) is 1. The highest BCUT2D eigenvalue weighted by atomic mass is 15.1. The highest BCUT2D eigenvalue weighted by Crippen LogP contribution is 2.06. The maximum absolute atomic E-state index is 2.53. The summed E-state index contributed by atoms with van der Waals surface area (Å²) in [5.41, 5.74) is 0. The molecule has 0 aromatic rings. The Morgan fingerprint density at radius 1 is 0.909 bits per heavy atom. The van der Waals surface area contributed by atoms with E-state index in [0.29, 0.717) is 0 Å². The lowest BCUT2D eigenvalue weighted by molar-refractivity contribution is 0.206. The van der Waals surface area contributed by atoms with E-state index in [1.807, 2.05) is 0 Å². The Kier molecular flexibility index (Phi) is 9.85. The van der Waals surface area contributed by atoms with E-state index >= 15 is 0 Å². The lowest BCUT2D eigenvalue weighted by Gasteiger charge is -2.27. The first-order valence-electron chi connectivity index (χ1n) is 4.54. The predicted octanol–water partition coefficient (Wildman–Crippen LogP) is 2.68. The molecule has 0 unspecified atom stereocenters. The van der Waals surface area contributed by atoms with E-state index in [1.165, 1.54) is 25.9 Å². The SMILES string of the molecule is CCC(CC)N(CC)CC.N. The summed E-state index contributed by atoms with van der Waals surface area (Å²) in [7, 11) is 0. The monoisotopic (exact) mass is 160 g/mol. The summed E-state index contributed by atoms with van der Waals surface area (Å²) < 4.78 is 0. The van der Waals surface area contributed by atoms with Crippen LogP contribution in [0.5, 0.6) is 0 Å². The van der Waals surface area contributed by atoms with Crippen LogP contribution in [0.3, 0.4) is 0 Å². The molecule has 70 valence electrons. The number of nitrogens with zero attached hydrogens (tertiary/aromatic N) is 1. The Labute approximate surface area is 71.6 Å². The van der Waals surface area contributed by atoms with Gasteiger partial charge < -0.3 is 11.1 Å². The summed E-state index contributed by atoms with van der Waals surface area (Å²) in [6, 6.07) is 0.815. The lowest BCUT2D eigenvalue weighted by Crippen LogP contribution is -2.33. The topological polar surface area (TPSA) is 38.2 Å². The van der Waals surface area contributed by atoms with Gasteiger partial charge in [0.1, 0.15) is 0 Å². The van der Waals surface area contributed by atoms with Gasteiger partial charge in [0, 0.05) is 6.04 Å².